The number of aliphatic hydroxyl groups is 2. The summed E-state index contributed by atoms with van der Waals surface area (Å²) in [5.41, 5.74) is 1.64. The molecule has 0 aliphatic heterocycles. The molecule has 0 saturated carbocycles. The van der Waals surface area contributed by atoms with Gasteiger partial charge in [0.1, 0.15) is 0 Å². The first-order chi connectivity index (χ1) is 13.5. The van der Waals surface area contributed by atoms with E-state index in [2.05, 4.69) is 4.74 Å². The fourth-order valence-electron chi connectivity index (χ4n) is 1.67. The Morgan fingerprint density at radius 1 is 0.857 bits per heavy atom. The Balaban J connectivity index is 0. The van der Waals surface area contributed by atoms with Gasteiger partial charge in [-0.3, -0.25) is 0 Å². The van der Waals surface area contributed by atoms with Crippen LogP contribution in [-0.4, -0.2) is 90.2 Å². The lowest BCUT2D eigenvalue weighted by Crippen LogP contribution is -2.09. The Bertz CT molecular complexity index is 442. The van der Waals surface area contributed by atoms with Crippen molar-refractivity contribution in [3.05, 3.63) is 29.8 Å². The third-order valence-electron chi connectivity index (χ3n) is 3.06. The molecule has 1 rings (SSSR count). The highest BCUT2D eigenvalue weighted by Gasteiger charge is 2.04. The zero-order valence-corrected chi connectivity index (χ0v) is 17.8. The highest BCUT2D eigenvalue weighted by molar-refractivity contribution is 5.89. The number of hydrogen-bond donors (Lipinski definition) is 2. The molecule has 0 heterocycles. The monoisotopic (exact) mass is 403 g/mol. The topological polar surface area (TPSA) is 97.7 Å². The summed E-state index contributed by atoms with van der Waals surface area (Å²) in [6.45, 7) is 7.39. The Morgan fingerprint density at radius 2 is 1.32 bits per heavy atom. The number of aliphatic hydroxyl groups excluding tert-OH is 2. The molecule has 0 bridgehead atoms. The number of esters is 1. The number of nitrogens with zero attached hydrogens (tertiary/aromatic N) is 1. The van der Waals surface area contributed by atoms with Gasteiger partial charge in [-0.25, -0.2) is 4.79 Å². The molecule has 0 aromatic heterocycles. The van der Waals surface area contributed by atoms with Gasteiger partial charge in [-0.05, 0) is 38.1 Å². The number of anilines is 1. The van der Waals surface area contributed by atoms with E-state index in [-0.39, 0.29) is 19.2 Å². The van der Waals surface area contributed by atoms with Crippen LogP contribution in [0.5, 0.6) is 0 Å². The molecule has 8 heteroatoms. The number of methoxy groups -OCH3 is 1. The predicted octanol–water partition coefficient (Wildman–Crippen LogP) is 1.59. The maximum absolute atomic E-state index is 11.1. The number of benzene rings is 1. The van der Waals surface area contributed by atoms with Crippen LogP contribution in [0.4, 0.5) is 5.69 Å². The first-order valence-electron chi connectivity index (χ1n) is 9.28. The minimum atomic E-state index is -0.301. The van der Waals surface area contributed by atoms with Gasteiger partial charge < -0.3 is 34.1 Å². The van der Waals surface area contributed by atoms with Crippen molar-refractivity contribution < 1.29 is 34.0 Å². The lowest BCUT2D eigenvalue weighted by molar-refractivity contribution is 0.0222. The van der Waals surface area contributed by atoms with Crippen LogP contribution in [-0.2, 0) is 18.9 Å². The molecule has 0 fully saturated rings. The van der Waals surface area contributed by atoms with Crippen LogP contribution in [0.1, 0.15) is 24.2 Å². The van der Waals surface area contributed by atoms with Gasteiger partial charge >= 0.3 is 5.97 Å². The van der Waals surface area contributed by atoms with Crippen molar-refractivity contribution in [1.29, 1.82) is 0 Å². The van der Waals surface area contributed by atoms with Crippen molar-refractivity contribution >= 4 is 11.7 Å². The molecule has 0 spiro atoms. The van der Waals surface area contributed by atoms with Crippen molar-refractivity contribution in [2.24, 2.45) is 0 Å². The van der Waals surface area contributed by atoms with Crippen LogP contribution in [0.3, 0.4) is 0 Å². The minimum absolute atomic E-state index is 0.0417. The number of carbonyl (C=O) groups is 1. The van der Waals surface area contributed by atoms with Gasteiger partial charge in [-0.1, -0.05) is 0 Å². The highest BCUT2D eigenvalue weighted by Crippen LogP contribution is 2.12. The van der Waals surface area contributed by atoms with E-state index in [9.17, 15) is 4.79 Å². The number of hydrogen-bond acceptors (Lipinski definition) is 8. The second-order valence-corrected chi connectivity index (χ2v) is 5.39. The molecule has 0 saturated heterocycles. The number of ether oxygens (including phenoxy) is 4. The first kappa shape index (κ1) is 28.5. The third-order valence-corrected chi connectivity index (χ3v) is 3.06. The van der Waals surface area contributed by atoms with Crippen molar-refractivity contribution in [2.75, 3.05) is 79.0 Å². The van der Waals surface area contributed by atoms with Crippen molar-refractivity contribution in [3.63, 3.8) is 0 Å². The molecular weight excluding hydrogens is 366 g/mol. The van der Waals surface area contributed by atoms with E-state index in [1.165, 1.54) is 7.11 Å². The molecule has 164 valence electrons. The largest absolute Gasteiger partial charge is 0.465 e. The van der Waals surface area contributed by atoms with Gasteiger partial charge in [0.25, 0.3) is 0 Å². The van der Waals surface area contributed by atoms with Crippen molar-refractivity contribution in [3.8, 4) is 0 Å². The molecule has 8 nitrogen and oxygen atoms in total. The van der Waals surface area contributed by atoms with Crippen LogP contribution < -0.4 is 4.90 Å². The predicted molar refractivity (Wildman–Crippen MR) is 110 cm³/mol. The average Bonchev–Trinajstić information content (AvgIpc) is 2.71. The van der Waals surface area contributed by atoms with Crippen LogP contribution >= 0.6 is 0 Å². The van der Waals surface area contributed by atoms with E-state index in [4.69, 9.17) is 24.4 Å². The summed E-state index contributed by atoms with van der Waals surface area (Å²) in [5, 5.41) is 16.5. The molecule has 1 aromatic carbocycles. The quantitative estimate of drug-likeness (QED) is 0.425. The molecule has 0 radical (unpaired) electrons. The van der Waals surface area contributed by atoms with Crippen LogP contribution in [0.25, 0.3) is 0 Å². The summed E-state index contributed by atoms with van der Waals surface area (Å²) in [7, 11) is 5.28. The Morgan fingerprint density at radius 3 is 1.61 bits per heavy atom. The van der Waals surface area contributed by atoms with Crippen LogP contribution in [0.15, 0.2) is 24.3 Å². The van der Waals surface area contributed by atoms with Gasteiger partial charge in [-0.2, -0.15) is 0 Å². The second kappa shape index (κ2) is 21.6. The fraction of sp³-hybridized carbons (Fsp3) is 0.650. The molecule has 0 aliphatic rings. The SMILES string of the molecule is CCOCC.COC(=O)c1ccc(N(C)C)cc1.OCCOCCOCCO. The summed E-state index contributed by atoms with van der Waals surface area (Å²) in [6.07, 6.45) is 0. The lowest BCUT2D eigenvalue weighted by Gasteiger charge is -2.11. The van der Waals surface area contributed by atoms with E-state index in [1.54, 1.807) is 12.1 Å². The van der Waals surface area contributed by atoms with Gasteiger partial charge in [-0.15, -0.1) is 0 Å². The summed E-state index contributed by atoms with van der Waals surface area (Å²) in [6, 6.07) is 7.26. The minimum Gasteiger partial charge on any atom is -0.465 e. The number of rotatable bonds is 11. The molecule has 0 amide bonds. The van der Waals surface area contributed by atoms with Gasteiger partial charge in [0.2, 0.25) is 0 Å². The fourth-order valence-corrected chi connectivity index (χ4v) is 1.67. The summed E-state index contributed by atoms with van der Waals surface area (Å²) >= 11 is 0. The maximum Gasteiger partial charge on any atom is 0.337 e. The number of carbonyl (C=O) groups excluding carboxylic acids is 1. The Kier molecular flexibility index (Phi) is 22.0. The zero-order valence-electron chi connectivity index (χ0n) is 17.8. The molecule has 2 N–H and O–H groups in total. The first-order valence-corrected chi connectivity index (χ1v) is 9.28. The summed E-state index contributed by atoms with van der Waals surface area (Å²) in [4.78, 5) is 13.0. The molecule has 0 unspecified atom stereocenters. The van der Waals surface area contributed by atoms with E-state index >= 15 is 0 Å². The van der Waals surface area contributed by atoms with Gasteiger partial charge in [0, 0.05) is 33.0 Å². The summed E-state index contributed by atoms with van der Waals surface area (Å²) < 4.78 is 19.2. The average molecular weight is 404 g/mol. The molecular formula is C20H37NO7. The molecule has 0 atom stereocenters. The Hall–Kier alpha value is -1.71. The van der Waals surface area contributed by atoms with Crippen LogP contribution in [0.2, 0.25) is 0 Å². The van der Waals surface area contributed by atoms with E-state index in [0.29, 0.717) is 32.0 Å². The maximum atomic E-state index is 11.1. The third kappa shape index (κ3) is 17.7. The van der Waals surface area contributed by atoms with E-state index < -0.39 is 0 Å². The molecule has 1 aromatic rings. The van der Waals surface area contributed by atoms with E-state index in [1.807, 2.05) is 45.0 Å². The second-order valence-electron chi connectivity index (χ2n) is 5.39. The van der Waals surface area contributed by atoms with E-state index in [0.717, 1.165) is 18.9 Å². The van der Waals surface area contributed by atoms with Crippen molar-refractivity contribution in [1.82, 2.24) is 0 Å². The normalized spacial score (nSPS) is 9.54. The smallest absolute Gasteiger partial charge is 0.337 e. The molecule has 0 aliphatic carbocycles. The molecule has 28 heavy (non-hydrogen) atoms. The van der Waals surface area contributed by atoms with Gasteiger partial charge in [0.05, 0.1) is 52.3 Å². The standard InChI is InChI=1S/C10H13NO2.C6H14O4.C4H10O/c1-11(2)9-6-4-8(5-7-9)10(12)13-3;7-1-3-9-5-6-10-4-2-8;1-3-5-4-2/h4-7H,1-3H3;7-8H,1-6H2;3-4H2,1-2H3. The zero-order chi connectivity index (χ0) is 21.6. The van der Waals surface area contributed by atoms with Crippen LogP contribution in [0, 0.1) is 0 Å². The van der Waals surface area contributed by atoms with Gasteiger partial charge in [0.15, 0.2) is 0 Å². The Labute approximate surface area is 169 Å². The van der Waals surface area contributed by atoms with Crippen molar-refractivity contribution in [2.45, 2.75) is 13.8 Å². The highest BCUT2D eigenvalue weighted by atomic mass is 16.5. The summed E-state index contributed by atoms with van der Waals surface area (Å²) in [5.74, 6) is -0.301. The lowest BCUT2D eigenvalue weighted by atomic mass is 10.2.